The van der Waals surface area contributed by atoms with Crippen molar-refractivity contribution in [3.63, 3.8) is 0 Å². The zero-order valence-corrected chi connectivity index (χ0v) is 15.9. The third-order valence-electron chi connectivity index (χ3n) is 3.62. The van der Waals surface area contributed by atoms with Crippen molar-refractivity contribution in [3.05, 3.63) is 39.5 Å². The van der Waals surface area contributed by atoms with Gasteiger partial charge in [0.05, 0.1) is 15.1 Å². The Morgan fingerprint density at radius 2 is 2.00 bits per heavy atom. The lowest BCUT2D eigenvalue weighted by atomic mass is 10.2. The van der Waals surface area contributed by atoms with E-state index in [0.29, 0.717) is 22.6 Å². The first kappa shape index (κ1) is 18.3. The monoisotopic (exact) mass is 389 g/mol. The van der Waals surface area contributed by atoms with Gasteiger partial charge in [-0.1, -0.05) is 25.8 Å². The van der Waals surface area contributed by atoms with Crippen molar-refractivity contribution in [2.75, 3.05) is 12.0 Å². The Balaban J connectivity index is 1.71. The second-order valence-corrected chi connectivity index (χ2v) is 7.41. The number of fused-ring (bicyclic) bond motifs is 1. The molecule has 0 atom stereocenters. The van der Waals surface area contributed by atoms with Gasteiger partial charge in [-0.25, -0.2) is 20.2 Å². The smallest absolute Gasteiger partial charge is 0.333 e. The summed E-state index contributed by atoms with van der Waals surface area (Å²) in [5, 5.41) is 6.46. The van der Waals surface area contributed by atoms with Crippen LogP contribution in [0.3, 0.4) is 0 Å². The van der Waals surface area contributed by atoms with Gasteiger partial charge in [0.15, 0.2) is 0 Å². The molecule has 3 heterocycles. The van der Waals surface area contributed by atoms with Crippen molar-refractivity contribution in [2.45, 2.75) is 26.2 Å². The zero-order valence-electron chi connectivity index (χ0n) is 14.2. The number of nitrogens with one attached hydrogen (secondary N) is 3. The number of hydrazine groups is 1. The topological polar surface area (TPSA) is 96.0 Å². The Bertz CT molecular complexity index is 892. The summed E-state index contributed by atoms with van der Waals surface area (Å²) in [6.07, 6.45) is 3.09. The van der Waals surface area contributed by atoms with E-state index in [1.54, 1.807) is 6.07 Å². The van der Waals surface area contributed by atoms with Crippen molar-refractivity contribution in [1.82, 2.24) is 20.7 Å². The number of hydrogen-bond donors (Lipinski definition) is 3. The standard InChI is InChI=1S/C17H19N5O2S2/c1-2-3-4-8-18-17(24)22-21-16-19-11-7-10-26-15(11)13(20-16)14(23)12-6-5-9-25-12/h5-7,9-10H,2-4,8H2,1H3,(H2,18,22,24)(H,19,20,21). The number of unbranched alkanes of at least 4 members (excludes halogenated alkanes) is 2. The van der Waals surface area contributed by atoms with Crippen molar-refractivity contribution in [1.29, 1.82) is 0 Å². The highest BCUT2D eigenvalue weighted by Gasteiger charge is 2.18. The SMILES string of the molecule is CCCCCNC(=O)NNc1nc(C(=O)c2cccs2)c2sccc2n1. The number of carbonyl (C=O) groups is 2. The van der Waals surface area contributed by atoms with Gasteiger partial charge < -0.3 is 5.32 Å². The molecule has 3 aromatic heterocycles. The number of rotatable bonds is 8. The fraction of sp³-hybridized carbons (Fsp3) is 0.294. The highest BCUT2D eigenvalue weighted by Crippen LogP contribution is 2.26. The second kappa shape index (κ2) is 8.72. The summed E-state index contributed by atoms with van der Waals surface area (Å²) >= 11 is 2.79. The third-order valence-corrected chi connectivity index (χ3v) is 5.40. The number of ketones is 1. The van der Waals surface area contributed by atoms with Crippen LogP contribution in [-0.4, -0.2) is 28.3 Å². The van der Waals surface area contributed by atoms with Crippen LogP contribution in [0.25, 0.3) is 10.2 Å². The average Bonchev–Trinajstić information content (AvgIpc) is 3.33. The molecule has 0 fully saturated rings. The van der Waals surface area contributed by atoms with Crippen molar-refractivity contribution >= 4 is 50.7 Å². The number of thiophene rings is 2. The minimum atomic E-state index is -0.360. The van der Waals surface area contributed by atoms with Gasteiger partial charge in [-0.15, -0.1) is 22.7 Å². The molecule has 0 spiro atoms. The fourth-order valence-electron chi connectivity index (χ4n) is 2.33. The molecule has 7 nitrogen and oxygen atoms in total. The van der Waals surface area contributed by atoms with E-state index in [2.05, 4.69) is 33.1 Å². The van der Waals surface area contributed by atoms with Gasteiger partial charge >= 0.3 is 6.03 Å². The van der Waals surface area contributed by atoms with Crippen molar-refractivity contribution < 1.29 is 9.59 Å². The minimum Gasteiger partial charge on any atom is -0.337 e. The number of urea groups is 1. The lowest BCUT2D eigenvalue weighted by molar-refractivity contribution is 0.103. The molecule has 0 bridgehead atoms. The van der Waals surface area contributed by atoms with E-state index in [1.165, 1.54) is 22.7 Å². The molecule has 0 aliphatic heterocycles. The molecule has 0 aliphatic rings. The Morgan fingerprint density at radius 1 is 1.12 bits per heavy atom. The van der Waals surface area contributed by atoms with Crippen LogP contribution in [0.5, 0.6) is 0 Å². The van der Waals surface area contributed by atoms with Gasteiger partial charge in [0.2, 0.25) is 11.7 Å². The van der Waals surface area contributed by atoms with Gasteiger partial charge in [-0.3, -0.25) is 10.2 Å². The van der Waals surface area contributed by atoms with Gasteiger partial charge in [0.1, 0.15) is 5.69 Å². The van der Waals surface area contributed by atoms with E-state index in [4.69, 9.17) is 0 Å². The molecular formula is C17H19N5O2S2. The van der Waals surface area contributed by atoms with Crippen LogP contribution in [0.1, 0.15) is 41.6 Å². The lowest BCUT2D eigenvalue weighted by Gasteiger charge is -2.10. The normalized spacial score (nSPS) is 10.7. The first-order valence-electron chi connectivity index (χ1n) is 8.32. The molecule has 0 saturated carbocycles. The molecule has 3 N–H and O–H groups in total. The Kier molecular flexibility index (Phi) is 6.13. The number of amides is 2. The highest BCUT2D eigenvalue weighted by molar-refractivity contribution is 7.17. The second-order valence-electron chi connectivity index (χ2n) is 5.55. The van der Waals surface area contributed by atoms with Gasteiger partial charge in [-0.2, -0.15) is 0 Å². The lowest BCUT2D eigenvalue weighted by Crippen LogP contribution is -2.39. The maximum absolute atomic E-state index is 12.7. The molecule has 9 heteroatoms. The average molecular weight is 390 g/mol. The molecule has 3 aromatic rings. The Hall–Kier alpha value is -2.52. The van der Waals surface area contributed by atoms with Crippen molar-refractivity contribution in [2.24, 2.45) is 0 Å². The zero-order chi connectivity index (χ0) is 18.4. The molecule has 136 valence electrons. The van der Waals surface area contributed by atoms with Crippen molar-refractivity contribution in [3.8, 4) is 0 Å². The quantitative estimate of drug-likeness (QED) is 0.309. The summed E-state index contributed by atoms with van der Waals surface area (Å²) in [6, 6.07) is 5.06. The maximum atomic E-state index is 12.7. The summed E-state index contributed by atoms with van der Waals surface area (Å²) in [4.78, 5) is 33.8. The number of carbonyl (C=O) groups excluding carboxylic acids is 2. The van der Waals surface area contributed by atoms with Gasteiger partial charge in [0, 0.05) is 6.54 Å². The predicted octanol–water partition coefficient (Wildman–Crippen LogP) is 3.80. The number of hydrogen-bond acceptors (Lipinski definition) is 7. The molecule has 0 aromatic carbocycles. The summed E-state index contributed by atoms with van der Waals surface area (Å²) < 4.78 is 0.734. The van der Waals surface area contributed by atoms with E-state index in [0.717, 1.165) is 24.0 Å². The first-order chi connectivity index (χ1) is 12.7. The van der Waals surface area contributed by atoms with Crippen LogP contribution in [0.2, 0.25) is 0 Å². The summed E-state index contributed by atoms with van der Waals surface area (Å²) in [7, 11) is 0. The first-order valence-corrected chi connectivity index (χ1v) is 10.1. The molecule has 0 aliphatic carbocycles. The van der Waals surface area contributed by atoms with Crippen LogP contribution in [0.15, 0.2) is 29.0 Å². The van der Waals surface area contributed by atoms with E-state index < -0.39 is 0 Å². The Morgan fingerprint density at radius 3 is 2.77 bits per heavy atom. The molecule has 0 unspecified atom stereocenters. The number of anilines is 1. The highest BCUT2D eigenvalue weighted by atomic mass is 32.1. The Labute approximate surface area is 158 Å². The van der Waals surface area contributed by atoms with Crippen LogP contribution in [0, 0.1) is 0 Å². The molecule has 3 rings (SSSR count). The summed E-state index contributed by atoms with van der Waals surface area (Å²) in [5.41, 5.74) is 6.18. The van der Waals surface area contributed by atoms with Gasteiger partial charge in [-0.05, 0) is 29.3 Å². The van der Waals surface area contributed by atoms with Crippen LogP contribution < -0.4 is 16.2 Å². The summed E-state index contributed by atoms with van der Waals surface area (Å²) in [5.74, 6) is 0.0291. The van der Waals surface area contributed by atoms with E-state index in [9.17, 15) is 9.59 Å². The third kappa shape index (κ3) is 4.36. The largest absolute Gasteiger partial charge is 0.337 e. The minimum absolute atomic E-state index is 0.151. The number of aromatic nitrogens is 2. The maximum Gasteiger partial charge on any atom is 0.333 e. The molecule has 26 heavy (non-hydrogen) atoms. The van der Waals surface area contributed by atoms with E-state index >= 15 is 0 Å². The molecular weight excluding hydrogens is 370 g/mol. The number of nitrogens with zero attached hydrogens (tertiary/aromatic N) is 2. The summed E-state index contributed by atoms with van der Waals surface area (Å²) in [6.45, 7) is 2.71. The van der Waals surface area contributed by atoms with Crippen LogP contribution in [0.4, 0.5) is 10.7 Å². The predicted molar refractivity (Wildman–Crippen MR) is 105 cm³/mol. The van der Waals surface area contributed by atoms with Crippen LogP contribution >= 0.6 is 22.7 Å². The van der Waals surface area contributed by atoms with Crippen LogP contribution in [-0.2, 0) is 0 Å². The molecule has 0 radical (unpaired) electrons. The fourth-order valence-corrected chi connectivity index (χ4v) is 3.81. The molecule has 2 amide bonds. The molecule has 0 saturated heterocycles. The van der Waals surface area contributed by atoms with Gasteiger partial charge in [0.25, 0.3) is 0 Å². The van der Waals surface area contributed by atoms with E-state index in [1.807, 2.05) is 22.9 Å². The van der Waals surface area contributed by atoms with E-state index in [-0.39, 0.29) is 17.8 Å².